The van der Waals surface area contributed by atoms with Crippen LogP contribution >= 0.6 is 0 Å². The first kappa shape index (κ1) is 5.13. The molecule has 52 valence electrons. The summed E-state index contributed by atoms with van der Waals surface area (Å²) in [5.41, 5.74) is 2.24. The molecule has 0 atom stereocenters. The molecule has 1 aromatic carbocycles. The Bertz CT molecular complexity index is 394. The summed E-state index contributed by atoms with van der Waals surface area (Å²) in [5, 5.41) is 4.29. The highest BCUT2D eigenvalue weighted by atomic mass is 15.1. The van der Waals surface area contributed by atoms with Gasteiger partial charge in [0.2, 0.25) is 0 Å². The van der Waals surface area contributed by atoms with Crippen molar-refractivity contribution < 1.29 is 0 Å². The molecule has 2 aromatic rings. The van der Waals surface area contributed by atoms with Crippen LogP contribution in [0.3, 0.4) is 0 Å². The molecule has 0 amide bonds. The van der Waals surface area contributed by atoms with E-state index < -0.39 is 0 Å². The van der Waals surface area contributed by atoms with E-state index in [0.29, 0.717) is 0 Å². The molecule has 2 heteroatoms. The summed E-state index contributed by atoms with van der Waals surface area (Å²) >= 11 is 0. The standard InChI is InChI=1S/C9H6N2/c1-2-4-7-6(3-1)5-8-9(10-7)11-8/h1-5H,(H,10,11). The normalized spacial score (nSPS) is 12.4. The quantitative estimate of drug-likeness (QED) is 0.489. The third-order valence-electron chi connectivity index (χ3n) is 1.91. The van der Waals surface area contributed by atoms with Gasteiger partial charge in [-0.25, -0.2) is 4.98 Å². The van der Waals surface area contributed by atoms with Crippen LogP contribution in [0.25, 0.3) is 10.9 Å². The lowest BCUT2D eigenvalue weighted by Crippen LogP contribution is -1.70. The van der Waals surface area contributed by atoms with Crippen LogP contribution in [0.15, 0.2) is 30.3 Å². The van der Waals surface area contributed by atoms with Crippen molar-refractivity contribution in [3.05, 3.63) is 30.3 Å². The molecule has 2 heterocycles. The van der Waals surface area contributed by atoms with Crippen molar-refractivity contribution in [2.75, 3.05) is 5.32 Å². The van der Waals surface area contributed by atoms with E-state index in [9.17, 15) is 0 Å². The molecule has 0 radical (unpaired) electrons. The van der Waals surface area contributed by atoms with E-state index in [4.69, 9.17) is 0 Å². The predicted octanol–water partition coefficient (Wildman–Crippen LogP) is 2.29. The number of nitrogens with zero attached hydrogens (tertiary/aromatic N) is 1. The van der Waals surface area contributed by atoms with Gasteiger partial charge in [-0.2, -0.15) is 0 Å². The first-order valence-electron chi connectivity index (χ1n) is 3.60. The minimum absolute atomic E-state index is 1.03. The molecular weight excluding hydrogens is 136 g/mol. The van der Waals surface area contributed by atoms with Crippen LogP contribution in [0, 0.1) is 0 Å². The Morgan fingerprint density at radius 2 is 2.09 bits per heavy atom. The van der Waals surface area contributed by atoms with E-state index >= 15 is 0 Å². The number of para-hydroxylation sites is 1. The molecule has 0 aliphatic carbocycles. The average Bonchev–Trinajstić information content (AvgIpc) is 2.77. The van der Waals surface area contributed by atoms with Gasteiger partial charge in [-0.1, -0.05) is 18.2 Å². The molecule has 11 heavy (non-hydrogen) atoms. The summed E-state index contributed by atoms with van der Waals surface area (Å²) in [6.07, 6.45) is 0. The second-order valence-electron chi connectivity index (χ2n) is 2.70. The van der Waals surface area contributed by atoms with Crippen molar-refractivity contribution in [2.24, 2.45) is 0 Å². The van der Waals surface area contributed by atoms with Crippen molar-refractivity contribution in [1.29, 1.82) is 0 Å². The molecule has 1 aliphatic heterocycles. The van der Waals surface area contributed by atoms with E-state index in [0.717, 1.165) is 11.3 Å². The zero-order valence-electron chi connectivity index (χ0n) is 5.83. The summed E-state index contributed by atoms with van der Waals surface area (Å²) in [6, 6.07) is 10.2. The molecule has 0 spiro atoms. The Hall–Kier alpha value is -1.57. The van der Waals surface area contributed by atoms with Gasteiger partial charge in [0.05, 0.1) is 11.2 Å². The lowest BCUT2D eigenvalue weighted by molar-refractivity contribution is 1.50. The number of hydrogen-bond acceptors (Lipinski definition) is 2. The second kappa shape index (κ2) is 1.53. The molecule has 3 rings (SSSR count). The molecule has 1 aliphatic rings. The highest BCUT2D eigenvalue weighted by Crippen LogP contribution is 2.38. The van der Waals surface area contributed by atoms with Crippen LogP contribution in [0.5, 0.6) is 0 Å². The van der Waals surface area contributed by atoms with Crippen molar-refractivity contribution in [3.8, 4) is 0 Å². The largest absolute Gasteiger partial charge is 0.335 e. The zero-order valence-corrected chi connectivity index (χ0v) is 5.83. The molecule has 0 bridgehead atoms. The Kier molecular flexibility index (Phi) is 0.714. The molecule has 0 saturated heterocycles. The summed E-state index contributed by atoms with van der Waals surface area (Å²) in [4.78, 5) is 4.36. The monoisotopic (exact) mass is 142 g/mol. The van der Waals surface area contributed by atoms with E-state index in [-0.39, 0.29) is 0 Å². The summed E-state index contributed by atoms with van der Waals surface area (Å²) in [6.45, 7) is 0. The number of anilines is 2. The Morgan fingerprint density at radius 1 is 1.18 bits per heavy atom. The first-order chi connectivity index (χ1) is 5.43. The van der Waals surface area contributed by atoms with Crippen LogP contribution in [0.4, 0.5) is 11.5 Å². The topological polar surface area (TPSA) is 34.8 Å². The van der Waals surface area contributed by atoms with E-state index in [1.165, 1.54) is 11.1 Å². The number of pyridine rings is 1. The summed E-state index contributed by atoms with van der Waals surface area (Å²) in [5.74, 6) is 1.03. The van der Waals surface area contributed by atoms with Crippen LogP contribution in [-0.4, -0.2) is 4.98 Å². The average molecular weight is 142 g/mol. The highest BCUT2D eigenvalue weighted by molar-refractivity contribution is 5.96. The number of benzene rings is 1. The number of rotatable bonds is 0. The molecule has 0 saturated carbocycles. The minimum atomic E-state index is 1.03. The molecule has 1 N–H and O–H groups in total. The maximum absolute atomic E-state index is 4.36. The minimum Gasteiger partial charge on any atom is -0.335 e. The Labute approximate surface area is 63.9 Å². The van der Waals surface area contributed by atoms with Crippen molar-refractivity contribution >= 4 is 22.4 Å². The Balaban J connectivity index is 2.51. The smallest absolute Gasteiger partial charge is 0.155 e. The third-order valence-corrected chi connectivity index (χ3v) is 1.91. The van der Waals surface area contributed by atoms with Crippen LogP contribution < -0.4 is 5.32 Å². The fourth-order valence-electron chi connectivity index (χ4n) is 1.28. The molecule has 0 fully saturated rings. The van der Waals surface area contributed by atoms with E-state index in [2.05, 4.69) is 22.4 Å². The van der Waals surface area contributed by atoms with Gasteiger partial charge in [-0.05, 0) is 12.1 Å². The van der Waals surface area contributed by atoms with Crippen LogP contribution in [0.2, 0.25) is 0 Å². The first-order valence-corrected chi connectivity index (χ1v) is 3.60. The number of fused-ring (bicyclic) bond motifs is 2. The maximum atomic E-state index is 4.36. The van der Waals surface area contributed by atoms with Gasteiger partial charge >= 0.3 is 0 Å². The molecule has 0 unspecified atom stereocenters. The van der Waals surface area contributed by atoms with Crippen molar-refractivity contribution in [2.45, 2.75) is 0 Å². The predicted molar refractivity (Wildman–Crippen MR) is 45.0 cm³/mol. The lowest BCUT2D eigenvalue weighted by atomic mass is 10.2. The van der Waals surface area contributed by atoms with Gasteiger partial charge in [0.15, 0.2) is 5.82 Å². The van der Waals surface area contributed by atoms with Gasteiger partial charge in [0, 0.05) is 5.39 Å². The van der Waals surface area contributed by atoms with Crippen molar-refractivity contribution in [3.63, 3.8) is 0 Å². The van der Waals surface area contributed by atoms with E-state index in [1.807, 2.05) is 18.2 Å². The van der Waals surface area contributed by atoms with Gasteiger partial charge in [-0.3, -0.25) is 0 Å². The third kappa shape index (κ3) is 0.635. The van der Waals surface area contributed by atoms with Crippen LogP contribution in [-0.2, 0) is 0 Å². The van der Waals surface area contributed by atoms with Crippen molar-refractivity contribution in [1.82, 2.24) is 4.98 Å². The molecule has 1 aromatic heterocycles. The lowest BCUT2D eigenvalue weighted by Gasteiger charge is -1.89. The number of hydrogen-bond donors (Lipinski definition) is 1. The SMILES string of the molecule is c1ccc2nc3c(cc2c1)N3. The number of aromatic nitrogens is 1. The summed E-state index contributed by atoms with van der Waals surface area (Å²) in [7, 11) is 0. The fraction of sp³-hybridized carbons (Fsp3) is 0. The molecular formula is C9H6N2. The van der Waals surface area contributed by atoms with Gasteiger partial charge in [0.25, 0.3) is 0 Å². The summed E-state index contributed by atoms with van der Waals surface area (Å²) < 4.78 is 0. The Morgan fingerprint density at radius 3 is 3.09 bits per heavy atom. The van der Waals surface area contributed by atoms with Gasteiger partial charge in [-0.15, -0.1) is 0 Å². The van der Waals surface area contributed by atoms with Gasteiger partial charge in [0.1, 0.15) is 0 Å². The maximum Gasteiger partial charge on any atom is 0.155 e. The van der Waals surface area contributed by atoms with E-state index in [1.54, 1.807) is 0 Å². The number of nitrogens with one attached hydrogen (secondary N) is 1. The van der Waals surface area contributed by atoms with Gasteiger partial charge < -0.3 is 5.32 Å². The molecule has 2 nitrogen and oxygen atoms in total. The fourth-order valence-corrected chi connectivity index (χ4v) is 1.28. The van der Waals surface area contributed by atoms with Crippen LogP contribution in [0.1, 0.15) is 0 Å². The second-order valence-corrected chi connectivity index (χ2v) is 2.70. The zero-order chi connectivity index (χ0) is 7.26. The highest BCUT2D eigenvalue weighted by Gasteiger charge is 2.17.